The summed E-state index contributed by atoms with van der Waals surface area (Å²) in [6.45, 7) is 3.89. The van der Waals surface area contributed by atoms with Crippen LogP contribution in [-0.2, 0) is 6.18 Å². The Kier molecular flexibility index (Phi) is 5.62. The molecule has 0 heterocycles. The van der Waals surface area contributed by atoms with Crippen molar-refractivity contribution in [3.8, 4) is 0 Å². The normalized spacial score (nSPS) is 11.8. The standard InChI is InChI=1S/C14H17BrF3NO/c1-4-10(5-2)19(3)13(20)9-6-7-12(15)11(8-9)14(16,17)18/h6-8,10H,4-5H2,1-3H3. The van der Waals surface area contributed by atoms with E-state index in [9.17, 15) is 18.0 Å². The molecule has 0 fully saturated rings. The van der Waals surface area contributed by atoms with Crippen LogP contribution in [0.4, 0.5) is 13.2 Å². The van der Waals surface area contributed by atoms with E-state index in [1.54, 1.807) is 7.05 Å². The highest BCUT2D eigenvalue weighted by molar-refractivity contribution is 9.10. The van der Waals surface area contributed by atoms with Gasteiger partial charge in [0.05, 0.1) is 5.56 Å². The van der Waals surface area contributed by atoms with Crippen molar-refractivity contribution in [3.63, 3.8) is 0 Å². The maximum Gasteiger partial charge on any atom is 0.417 e. The molecule has 0 aliphatic heterocycles. The summed E-state index contributed by atoms with van der Waals surface area (Å²) in [6.07, 6.45) is -2.95. The van der Waals surface area contributed by atoms with Crippen molar-refractivity contribution in [2.24, 2.45) is 0 Å². The van der Waals surface area contributed by atoms with Gasteiger partial charge in [0.2, 0.25) is 0 Å². The van der Waals surface area contributed by atoms with Gasteiger partial charge in [-0.15, -0.1) is 0 Å². The number of hydrogen-bond acceptors (Lipinski definition) is 1. The first kappa shape index (κ1) is 17.0. The fourth-order valence-corrected chi connectivity index (χ4v) is 2.55. The Balaban J connectivity index is 3.12. The zero-order chi connectivity index (χ0) is 15.5. The third-order valence-corrected chi connectivity index (χ3v) is 4.02. The Bertz CT molecular complexity index is 484. The Hall–Kier alpha value is -1.04. The van der Waals surface area contributed by atoms with Crippen molar-refractivity contribution in [1.82, 2.24) is 4.90 Å². The molecule has 0 unspecified atom stereocenters. The molecular formula is C14H17BrF3NO. The molecule has 0 saturated carbocycles. The number of carbonyl (C=O) groups excluding carboxylic acids is 1. The molecule has 6 heteroatoms. The smallest absolute Gasteiger partial charge is 0.339 e. The number of alkyl halides is 3. The van der Waals surface area contributed by atoms with Crippen LogP contribution in [0.3, 0.4) is 0 Å². The van der Waals surface area contributed by atoms with Crippen LogP contribution < -0.4 is 0 Å². The predicted octanol–water partition coefficient (Wildman–Crippen LogP) is 4.73. The average Bonchev–Trinajstić information content (AvgIpc) is 2.38. The molecule has 0 aliphatic rings. The van der Waals surface area contributed by atoms with E-state index in [0.717, 1.165) is 18.9 Å². The Morgan fingerprint density at radius 3 is 2.30 bits per heavy atom. The highest BCUT2D eigenvalue weighted by atomic mass is 79.9. The van der Waals surface area contributed by atoms with E-state index in [-0.39, 0.29) is 16.1 Å². The van der Waals surface area contributed by atoms with Crippen LogP contribution in [0.25, 0.3) is 0 Å². The molecule has 1 aromatic rings. The fraction of sp³-hybridized carbons (Fsp3) is 0.500. The third-order valence-electron chi connectivity index (χ3n) is 3.33. The van der Waals surface area contributed by atoms with Crippen LogP contribution in [0.15, 0.2) is 22.7 Å². The molecule has 0 radical (unpaired) electrons. The molecule has 0 aliphatic carbocycles. The van der Waals surface area contributed by atoms with E-state index >= 15 is 0 Å². The van der Waals surface area contributed by atoms with Crippen molar-refractivity contribution < 1.29 is 18.0 Å². The lowest BCUT2D eigenvalue weighted by molar-refractivity contribution is -0.138. The summed E-state index contributed by atoms with van der Waals surface area (Å²) in [6, 6.07) is 3.59. The first-order chi connectivity index (χ1) is 9.22. The van der Waals surface area contributed by atoms with Gasteiger partial charge in [-0.3, -0.25) is 4.79 Å². The number of carbonyl (C=O) groups is 1. The number of rotatable bonds is 4. The second-order valence-electron chi connectivity index (χ2n) is 4.58. The van der Waals surface area contributed by atoms with E-state index in [4.69, 9.17) is 0 Å². The quantitative estimate of drug-likeness (QED) is 0.767. The van der Waals surface area contributed by atoms with Crippen LogP contribution in [-0.4, -0.2) is 23.9 Å². The molecule has 112 valence electrons. The van der Waals surface area contributed by atoms with Crippen molar-refractivity contribution in [2.75, 3.05) is 7.05 Å². The summed E-state index contributed by atoms with van der Waals surface area (Å²) >= 11 is 2.86. The van der Waals surface area contributed by atoms with Gasteiger partial charge in [-0.25, -0.2) is 0 Å². The van der Waals surface area contributed by atoms with E-state index in [1.165, 1.54) is 17.0 Å². The number of halogens is 4. The molecule has 0 aromatic heterocycles. The number of nitrogens with zero attached hydrogens (tertiary/aromatic N) is 1. The monoisotopic (exact) mass is 351 g/mol. The van der Waals surface area contributed by atoms with Gasteiger partial charge in [0, 0.05) is 23.1 Å². The first-order valence-corrected chi connectivity index (χ1v) is 7.15. The molecule has 0 N–H and O–H groups in total. The van der Waals surface area contributed by atoms with Gasteiger partial charge >= 0.3 is 6.18 Å². The second-order valence-corrected chi connectivity index (χ2v) is 5.43. The summed E-state index contributed by atoms with van der Waals surface area (Å²) < 4.78 is 38.4. The molecule has 20 heavy (non-hydrogen) atoms. The molecule has 0 spiro atoms. The maximum atomic E-state index is 12.8. The maximum absolute atomic E-state index is 12.8. The summed E-state index contributed by atoms with van der Waals surface area (Å²) in [7, 11) is 1.62. The first-order valence-electron chi connectivity index (χ1n) is 6.36. The van der Waals surface area contributed by atoms with Gasteiger partial charge in [-0.1, -0.05) is 29.8 Å². The number of amides is 1. The predicted molar refractivity (Wildman–Crippen MR) is 75.6 cm³/mol. The lowest BCUT2D eigenvalue weighted by Crippen LogP contribution is -2.36. The van der Waals surface area contributed by atoms with Crippen LogP contribution in [0.5, 0.6) is 0 Å². The van der Waals surface area contributed by atoms with Crippen molar-refractivity contribution >= 4 is 21.8 Å². The van der Waals surface area contributed by atoms with Crippen molar-refractivity contribution in [3.05, 3.63) is 33.8 Å². The van der Waals surface area contributed by atoms with Gasteiger partial charge in [0.25, 0.3) is 5.91 Å². The Labute approximate surface area is 125 Å². The molecule has 0 saturated heterocycles. The molecular weight excluding hydrogens is 335 g/mol. The minimum atomic E-state index is -4.48. The van der Waals surface area contributed by atoms with Gasteiger partial charge in [0.15, 0.2) is 0 Å². The summed E-state index contributed by atoms with van der Waals surface area (Å²) in [5.41, 5.74) is -0.781. The van der Waals surface area contributed by atoms with Gasteiger partial charge in [-0.2, -0.15) is 13.2 Å². The zero-order valence-electron chi connectivity index (χ0n) is 11.6. The third kappa shape index (κ3) is 3.75. The molecule has 2 nitrogen and oxygen atoms in total. The largest absolute Gasteiger partial charge is 0.417 e. The average molecular weight is 352 g/mol. The van der Waals surface area contributed by atoms with Gasteiger partial charge < -0.3 is 4.90 Å². The Morgan fingerprint density at radius 2 is 1.85 bits per heavy atom. The van der Waals surface area contributed by atoms with Crippen LogP contribution >= 0.6 is 15.9 Å². The van der Waals surface area contributed by atoms with Crippen molar-refractivity contribution in [2.45, 2.75) is 38.9 Å². The Morgan fingerprint density at radius 1 is 1.30 bits per heavy atom. The summed E-state index contributed by atoms with van der Waals surface area (Å²) in [5.74, 6) is -0.392. The SMILES string of the molecule is CCC(CC)N(C)C(=O)c1ccc(Br)c(C(F)(F)F)c1. The summed E-state index contributed by atoms with van der Waals surface area (Å²) in [4.78, 5) is 13.7. The molecule has 0 atom stereocenters. The van der Waals surface area contributed by atoms with Crippen LogP contribution in [0, 0.1) is 0 Å². The fourth-order valence-electron chi connectivity index (χ4n) is 2.08. The van der Waals surface area contributed by atoms with E-state index < -0.39 is 17.6 Å². The van der Waals surface area contributed by atoms with E-state index in [2.05, 4.69) is 15.9 Å². The molecule has 1 aromatic carbocycles. The zero-order valence-corrected chi connectivity index (χ0v) is 13.2. The topological polar surface area (TPSA) is 20.3 Å². The highest BCUT2D eigenvalue weighted by Gasteiger charge is 2.34. The molecule has 1 amide bonds. The van der Waals surface area contributed by atoms with E-state index in [0.29, 0.717) is 0 Å². The van der Waals surface area contributed by atoms with Gasteiger partial charge in [0.1, 0.15) is 0 Å². The molecule has 0 bridgehead atoms. The minimum Gasteiger partial charge on any atom is -0.339 e. The second kappa shape index (κ2) is 6.61. The molecule has 1 rings (SSSR count). The highest BCUT2D eigenvalue weighted by Crippen LogP contribution is 2.35. The minimum absolute atomic E-state index is 0.0282. The van der Waals surface area contributed by atoms with E-state index in [1.807, 2.05) is 13.8 Å². The lowest BCUT2D eigenvalue weighted by Gasteiger charge is -2.26. The van der Waals surface area contributed by atoms with Crippen LogP contribution in [0.2, 0.25) is 0 Å². The lowest BCUT2D eigenvalue weighted by atomic mass is 10.1. The van der Waals surface area contributed by atoms with Gasteiger partial charge in [-0.05, 0) is 31.0 Å². The number of hydrogen-bond donors (Lipinski definition) is 0. The van der Waals surface area contributed by atoms with Crippen LogP contribution in [0.1, 0.15) is 42.6 Å². The van der Waals surface area contributed by atoms with Crippen molar-refractivity contribution in [1.29, 1.82) is 0 Å². The summed E-state index contributed by atoms with van der Waals surface area (Å²) in [5, 5.41) is 0. The number of benzene rings is 1.